The van der Waals surface area contributed by atoms with E-state index in [2.05, 4.69) is 15.4 Å². The second-order valence-electron chi connectivity index (χ2n) is 6.97. The molecule has 1 saturated heterocycles. The summed E-state index contributed by atoms with van der Waals surface area (Å²) in [5.74, 6) is -0.447. The number of rotatable bonds is 4. The molecule has 0 aliphatic carbocycles. The molecule has 2 amide bonds. The van der Waals surface area contributed by atoms with E-state index in [1.54, 1.807) is 31.5 Å². The van der Waals surface area contributed by atoms with E-state index < -0.39 is 17.6 Å². The maximum Gasteiger partial charge on any atom is 0.416 e. The summed E-state index contributed by atoms with van der Waals surface area (Å²) in [6.45, 7) is -0.139. The van der Waals surface area contributed by atoms with Crippen molar-refractivity contribution in [2.45, 2.75) is 12.7 Å². The van der Waals surface area contributed by atoms with Crippen LogP contribution in [0.5, 0.6) is 0 Å². The zero-order chi connectivity index (χ0) is 23.0. The Morgan fingerprint density at radius 2 is 2.06 bits per heavy atom. The molecule has 4 rings (SSSR count). The van der Waals surface area contributed by atoms with Crippen LogP contribution >= 0.6 is 11.8 Å². The maximum atomic E-state index is 13.5. The number of thioether (sulfide) groups is 1. The maximum absolute atomic E-state index is 13.5. The fourth-order valence-corrected chi connectivity index (χ4v) is 4.10. The summed E-state index contributed by atoms with van der Waals surface area (Å²) in [4.78, 5) is 27.6. The predicted octanol–water partition coefficient (Wildman–Crippen LogP) is 4.03. The van der Waals surface area contributed by atoms with Crippen LogP contribution in [0, 0.1) is 0 Å². The first-order valence-electron chi connectivity index (χ1n) is 9.29. The number of hydrogen-bond donors (Lipinski definition) is 2. The van der Waals surface area contributed by atoms with Gasteiger partial charge in [-0.25, -0.2) is 0 Å². The number of hydrogen-bond acceptors (Lipinski definition) is 5. The molecule has 7 nitrogen and oxygen atoms in total. The summed E-state index contributed by atoms with van der Waals surface area (Å²) in [5.41, 5.74) is 5.34. The molecule has 0 atom stereocenters. The van der Waals surface area contributed by atoms with Gasteiger partial charge in [0.2, 0.25) is 5.91 Å². The van der Waals surface area contributed by atoms with E-state index in [-0.39, 0.29) is 22.9 Å². The van der Waals surface area contributed by atoms with Gasteiger partial charge in [0.1, 0.15) is 5.84 Å². The molecule has 2 aromatic carbocycles. The van der Waals surface area contributed by atoms with Crippen molar-refractivity contribution < 1.29 is 22.8 Å². The quantitative estimate of drug-likeness (QED) is 0.615. The smallest absolute Gasteiger partial charge is 0.366 e. The number of aromatic nitrogens is 2. The Morgan fingerprint density at radius 1 is 1.28 bits per heavy atom. The number of carbonyl (C=O) groups is 2. The number of aliphatic imine (C=N–C) groups is 1. The Bertz CT molecular complexity index is 1310. The normalized spacial score (nSPS) is 16.8. The number of fused-ring (bicyclic) bond motifs is 1. The lowest BCUT2D eigenvalue weighted by Crippen LogP contribution is -2.18. The second-order valence-corrected chi connectivity index (χ2v) is 7.99. The average Bonchev–Trinajstić information content (AvgIpc) is 3.28. The van der Waals surface area contributed by atoms with E-state index >= 15 is 0 Å². The van der Waals surface area contributed by atoms with Gasteiger partial charge in [0.05, 0.1) is 22.5 Å². The molecule has 0 radical (unpaired) electrons. The molecule has 2 heterocycles. The first-order valence-corrected chi connectivity index (χ1v) is 10.1. The van der Waals surface area contributed by atoms with Gasteiger partial charge in [0.25, 0.3) is 5.24 Å². The van der Waals surface area contributed by atoms with Gasteiger partial charge in [-0.1, -0.05) is 12.1 Å². The minimum absolute atomic E-state index is 0.0339. The molecule has 0 unspecified atom stereocenters. The number of nitrogens with one attached hydrogen (secondary N) is 1. The summed E-state index contributed by atoms with van der Waals surface area (Å²) in [5, 5.41) is 7.49. The standard InChI is InChI=1S/C21H16F3N5O2S/c1-26-19-17(32-20(31)27-19)7-11-2-5-16-14(6-11)10-29(28-16)9-13-4-3-12(18(25)30)8-15(13)21(22,23)24/h2-8,10H,9H2,1H3,(H2,25,30)(H,26,27,31)/b17-7-. The lowest BCUT2D eigenvalue weighted by atomic mass is 10.0. The van der Waals surface area contributed by atoms with Crippen LogP contribution in [-0.2, 0) is 12.7 Å². The Balaban J connectivity index is 1.66. The average molecular weight is 459 g/mol. The van der Waals surface area contributed by atoms with Crippen molar-refractivity contribution in [3.63, 3.8) is 0 Å². The van der Waals surface area contributed by atoms with E-state index in [1.807, 2.05) is 6.07 Å². The Labute approximate surface area is 184 Å². The van der Waals surface area contributed by atoms with E-state index in [4.69, 9.17) is 5.73 Å². The van der Waals surface area contributed by atoms with Gasteiger partial charge in [0.15, 0.2) is 0 Å². The number of benzene rings is 2. The zero-order valence-corrected chi connectivity index (χ0v) is 17.4. The molecular weight excluding hydrogens is 443 g/mol. The molecule has 0 saturated carbocycles. The molecule has 32 heavy (non-hydrogen) atoms. The fourth-order valence-electron chi connectivity index (χ4n) is 3.32. The molecule has 0 spiro atoms. The number of primary amides is 1. The highest BCUT2D eigenvalue weighted by Crippen LogP contribution is 2.33. The van der Waals surface area contributed by atoms with Gasteiger partial charge in [-0.2, -0.15) is 18.3 Å². The minimum atomic E-state index is -4.64. The molecule has 1 fully saturated rings. The second kappa shape index (κ2) is 8.15. The Hall–Kier alpha value is -3.60. The summed E-state index contributed by atoms with van der Waals surface area (Å²) < 4.78 is 41.9. The first kappa shape index (κ1) is 21.6. The molecule has 1 aromatic heterocycles. The molecule has 164 valence electrons. The van der Waals surface area contributed by atoms with Gasteiger partial charge < -0.3 is 11.1 Å². The molecule has 1 aliphatic rings. The monoisotopic (exact) mass is 459 g/mol. The molecule has 3 N–H and O–H groups in total. The first-order chi connectivity index (χ1) is 15.1. The predicted molar refractivity (Wildman–Crippen MR) is 116 cm³/mol. The van der Waals surface area contributed by atoms with Gasteiger partial charge in [-0.15, -0.1) is 0 Å². The van der Waals surface area contributed by atoms with E-state index in [1.165, 1.54) is 16.8 Å². The third-order valence-electron chi connectivity index (χ3n) is 4.79. The van der Waals surface area contributed by atoms with Crippen molar-refractivity contribution in [2.24, 2.45) is 10.7 Å². The van der Waals surface area contributed by atoms with E-state index in [0.29, 0.717) is 16.3 Å². The van der Waals surface area contributed by atoms with Crippen LogP contribution in [-0.4, -0.2) is 33.8 Å². The fraction of sp³-hybridized carbons (Fsp3) is 0.143. The lowest BCUT2D eigenvalue weighted by Gasteiger charge is -2.14. The molecular formula is C21H16F3N5O2S. The lowest BCUT2D eigenvalue weighted by molar-refractivity contribution is -0.138. The van der Waals surface area contributed by atoms with Gasteiger partial charge in [-0.3, -0.25) is 19.3 Å². The van der Waals surface area contributed by atoms with Crippen molar-refractivity contribution in [1.82, 2.24) is 15.1 Å². The number of nitrogens with zero attached hydrogens (tertiary/aromatic N) is 3. The van der Waals surface area contributed by atoms with E-state index in [9.17, 15) is 22.8 Å². The summed E-state index contributed by atoms with van der Waals surface area (Å²) in [7, 11) is 1.58. The molecule has 11 heteroatoms. The van der Waals surface area contributed by atoms with Crippen molar-refractivity contribution in [1.29, 1.82) is 0 Å². The number of nitrogens with two attached hydrogens (primary N) is 1. The highest BCUT2D eigenvalue weighted by Gasteiger charge is 2.34. The summed E-state index contributed by atoms with van der Waals surface area (Å²) in [6.07, 6.45) is -1.21. The number of halogens is 3. The highest BCUT2D eigenvalue weighted by atomic mass is 32.2. The number of amides is 2. The molecule has 0 bridgehead atoms. The van der Waals surface area contributed by atoms with Crippen LogP contribution in [0.2, 0.25) is 0 Å². The number of carbonyl (C=O) groups excluding carboxylic acids is 2. The number of alkyl halides is 3. The van der Waals surface area contributed by atoms with Gasteiger partial charge in [0, 0.05) is 24.2 Å². The summed E-state index contributed by atoms with van der Waals surface area (Å²) in [6, 6.07) is 8.62. The van der Waals surface area contributed by atoms with Crippen LogP contribution in [0.3, 0.4) is 0 Å². The van der Waals surface area contributed by atoms with Gasteiger partial charge in [-0.05, 0) is 53.2 Å². The molecule has 1 aliphatic heterocycles. The Kier molecular flexibility index (Phi) is 5.51. The van der Waals surface area contributed by atoms with Crippen LogP contribution in [0.1, 0.15) is 27.0 Å². The minimum Gasteiger partial charge on any atom is -0.366 e. The van der Waals surface area contributed by atoms with Crippen LogP contribution < -0.4 is 11.1 Å². The highest BCUT2D eigenvalue weighted by molar-refractivity contribution is 8.18. The topological polar surface area (TPSA) is 102 Å². The van der Waals surface area contributed by atoms with Crippen LogP contribution in [0.25, 0.3) is 17.0 Å². The van der Waals surface area contributed by atoms with Crippen LogP contribution in [0.15, 0.2) is 52.5 Å². The third kappa shape index (κ3) is 4.37. The largest absolute Gasteiger partial charge is 0.416 e. The SMILES string of the molecule is CN=C1NC(=O)S/C1=C\c1ccc2nn(Cc3ccc(C(N)=O)cc3C(F)(F)F)cc2c1. The number of amidine groups is 1. The summed E-state index contributed by atoms with van der Waals surface area (Å²) >= 11 is 1.03. The third-order valence-corrected chi connectivity index (χ3v) is 5.60. The van der Waals surface area contributed by atoms with Crippen molar-refractivity contribution in [2.75, 3.05) is 7.05 Å². The zero-order valence-electron chi connectivity index (χ0n) is 16.6. The van der Waals surface area contributed by atoms with Crippen LogP contribution in [0.4, 0.5) is 18.0 Å². The Morgan fingerprint density at radius 3 is 2.75 bits per heavy atom. The van der Waals surface area contributed by atoms with Gasteiger partial charge >= 0.3 is 6.18 Å². The van der Waals surface area contributed by atoms with E-state index in [0.717, 1.165) is 28.8 Å². The molecule has 3 aromatic rings. The van der Waals surface area contributed by atoms with Crippen molar-refractivity contribution >= 4 is 45.7 Å². The van der Waals surface area contributed by atoms with Crippen molar-refractivity contribution in [3.05, 3.63) is 69.8 Å². The van der Waals surface area contributed by atoms with Crippen molar-refractivity contribution in [3.8, 4) is 0 Å².